The fourth-order valence-corrected chi connectivity index (χ4v) is 12.1. The third-order valence-electron chi connectivity index (χ3n) is 8.04. The van der Waals surface area contributed by atoms with E-state index in [4.69, 9.17) is 38.8 Å². The molecule has 0 N–H and O–H groups in total. The van der Waals surface area contributed by atoms with Crippen LogP contribution in [0.25, 0.3) is 21.5 Å². The Balaban J connectivity index is 1.50. The SMILES string of the molecule is [Cl][Sb]1[n]2c3c4ccccc4c2N=C2N=C(N=c4c5ccccc5c([n]41)=NC1=NC(=N3)c3ccccc31)c1ccccc12. The van der Waals surface area contributed by atoms with Gasteiger partial charge in [0.2, 0.25) is 0 Å². The number of amidine groups is 4. The maximum atomic E-state index is 7.80. The summed E-state index contributed by atoms with van der Waals surface area (Å²) in [7, 11) is 7.80. The van der Waals surface area contributed by atoms with Gasteiger partial charge < -0.3 is 0 Å². The molecule has 0 aliphatic carbocycles. The quantitative estimate of drug-likeness (QED) is 0.200. The molecule has 10 heteroatoms. The number of benzene rings is 4. The van der Waals surface area contributed by atoms with Crippen LogP contribution in [0.3, 0.4) is 0 Å². The predicted octanol–water partition coefficient (Wildman–Crippen LogP) is 5.16. The number of hydrogen-bond acceptors (Lipinski definition) is 6. The van der Waals surface area contributed by atoms with Crippen LogP contribution >= 0.6 is 8.83 Å². The van der Waals surface area contributed by atoms with Crippen LogP contribution < -0.4 is 11.0 Å². The Morgan fingerprint density at radius 2 is 0.762 bits per heavy atom. The monoisotopic (exact) mass is 668 g/mol. The number of aromatic nitrogens is 2. The zero-order valence-corrected chi connectivity index (χ0v) is 24.9. The second-order valence-corrected chi connectivity index (χ2v) is 16.0. The standard InChI is InChI=1S/C32H16N8.ClH.Sb/c1-2-10-18-17(9-1)25-33-26(18)38-28-21-13-5-6-14-22(21)30(35-28)40-32-24-16-8-7-15-23(24)31(36-32)39-29-20-12-4-3-11-19(20)27(34-29)37-25;;/h1-16H;1H;/q-2;;+3/p-1. The fraction of sp³-hybridized carbons (Fsp3) is 0. The molecule has 42 heavy (non-hydrogen) atoms. The molecule has 0 radical (unpaired) electrons. The molecule has 6 aromatic rings. The van der Waals surface area contributed by atoms with Crippen molar-refractivity contribution in [1.82, 2.24) is 5.45 Å². The first-order valence-corrected chi connectivity index (χ1v) is 19.0. The van der Waals surface area contributed by atoms with Gasteiger partial charge in [-0.2, -0.15) is 0 Å². The molecule has 10 rings (SSSR count). The average Bonchev–Trinajstić information content (AvgIpc) is 3.74. The van der Waals surface area contributed by atoms with Crippen LogP contribution in [0.4, 0.5) is 11.6 Å². The molecule has 196 valence electrons. The van der Waals surface area contributed by atoms with Gasteiger partial charge in [0.1, 0.15) is 0 Å². The van der Waals surface area contributed by atoms with Crippen LogP contribution in [-0.4, -0.2) is 48.4 Å². The molecular weight excluding hydrogens is 654 g/mol. The van der Waals surface area contributed by atoms with Gasteiger partial charge in [0, 0.05) is 0 Å². The number of hydrogen-bond donors (Lipinski definition) is 0. The molecule has 2 aromatic heterocycles. The Labute approximate surface area is 249 Å². The van der Waals surface area contributed by atoms with Crippen molar-refractivity contribution >= 4 is 85.0 Å². The Bertz CT molecular complexity index is 2330. The Kier molecular flexibility index (Phi) is 4.49. The number of halogens is 1. The van der Waals surface area contributed by atoms with E-state index in [2.05, 4.69) is 29.7 Å². The summed E-state index contributed by atoms with van der Waals surface area (Å²) >= 11 is -3.32. The van der Waals surface area contributed by atoms with Crippen molar-refractivity contribution in [3.05, 3.63) is 130 Å². The molecule has 4 aliphatic heterocycles. The van der Waals surface area contributed by atoms with E-state index in [-0.39, 0.29) is 0 Å². The van der Waals surface area contributed by atoms with Crippen LogP contribution in [0.1, 0.15) is 22.3 Å². The van der Waals surface area contributed by atoms with Gasteiger partial charge in [0.15, 0.2) is 0 Å². The maximum absolute atomic E-state index is 7.80. The van der Waals surface area contributed by atoms with E-state index in [9.17, 15) is 0 Å². The molecule has 0 saturated heterocycles. The zero-order valence-electron chi connectivity index (χ0n) is 21.6. The molecule has 6 heterocycles. The van der Waals surface area contributed by atoms with Gasteiger partial charge in [-0.25, -0.2) is 0 Å². The number of nitrogens with zero attached hydrogens (tertiary/aromatic N) is 8. The minimum atomic E-state index is -3.32. The topological polar surface area (TPSA) is 84.0 Å². The minimum absolute atomic E-state index is 0.617. The third kappa shape index (κ3) is 2.93. The molecule has 0 unspecified atom stereocenters. The predicted molar refractivity (Wildman–Crippen MR) is 167 cm³/mol. The Morgan fingerprint density at radius 1 is 0.405 bits per heavy atom. The molecule has 4 aliphatic rings. The van der Waals surface area contributed by atoms with Gasteiger partial charge in [-0.05, 0) is 0 Å². The molecule has 0 saturated carbocycles. The second kappa shape index (κ2) is 8.22. The first-order chi connectivity index (χ1) is 20.7. The van der Waals surface area contributed by atoms with Gasteiger partial charge in [0.25, 0.3) is 0 Å². The summed E-state index contributed by atoms with van der Waals surface area (Å²) in [5.74, 6) is 3.95. The van der Waals surface area contributed by atoms with Crippen LogP contribution in [0.2, 0.25) is 0 Å². The molecule has 4 aromatic carbocycles. The van der Waals surface area contributed by atoms with Gasteiger partial charge in [-0.15, -0.1) is 0 Å². The van der Waals surface area contributed by atoms with E-state index < -0.39 is 19.6 Å². The molecule has 0 fully saturated rings. The fourth-order valence-electron chi connectivity index (χ4n) is 6.17. The van der Waals surface area contributed by atoms with Gasteiger partial charge in [-0.1, -0.05) is 0 Å². The van der Waals surface area contributed by atoms with E-state index in [0.717, 1.165) is 66.4 Å². The van der Waals surface area contributed by atoms with Crippen molar-refractivity contribution in [1.29, 1.82) is 0 Å². The van der Waals surface area contributed by atoms with Crippen LogP contribution in [-0.2, 0) is 0 Å². The summed E-state index contributed by atoms with van der Waals surface area (Å²) in [5.41, 5.74) is 5.25. The molecule has 8 nitrogen and oxygen atoms in total. The second-order valence-electron chi connectivity index (χ2n) is 10.3. The molecule has 0 amide bonds. The zero-order chi connectivity index (χ0) is 27.5. The summed E-state index contributed by atoms with van der Waals surface area (Å²) < 4.78 is 4.30. The van der Waals surface area contributed by atoms with Gasteiger partial charge >= 0.3 is 251 Å². The summed E-state index contributed by atoms with van der Waals surface area (Å²) in [6.45, 7) is 0. The van der Waals surface area contributed by atoms with Crippen LogP contribution in [0, 0.1) is 0 Å². The summed E-state index contributed by atoms with van der Waals surface area (Å²) in [6.07, 6.45) is 0. The molecule has 0 spiro atoms. The normalized spacial score (nSPS) is 16.1. The van der Waals surface area contributed by atoms with Gasteiger partial charge in [0.05, 0.1) is 0 Å². The van der Waals surface area contributed by atoms with Crippen molar-refractivity contribution in [3.8, 4) is 0 Å². The van der Waals surface area contributed by atoms with E-state index in [1.54, 1.807) is 0 Å². The first-order valence-electron chi connectivity index (χ1n) is 13.5. The van der Waals surface area contributed by atoms with E-state index in [0.29, 0.717) is 23.3 Å². The van der Waals surface area contributed by atoms with E-state index >= 15 is 0 Å². The van der Waals surface area contributed by atoms with E-state index in [1.165, 1.54) is 0 Å². The van der Waals surface area contributed by atoms with Crippen molar-refractivity contribution in [2.24, 2.45) is 30.0 Å². The molecule has 6 bridgehead atoms. The van der Waals surface area contributed by atoms with Crippen molar-refractivity contribution < 1.29 is 0 Å². The van der Waals surface area contributed by atoms with Crippen molar-refractivity contribution in [2.45, 2.75) is 0 Å². The van der Waals surface area contributed by atoms with Crippen molar-refractivity contribution in [3.63, 3.8) is 0 Å². The Morgan fingerprint density at radius 3 is 1.19 bits per heavy atom. The molecule has 0 atom stereocenters. The number of aliphatic imine (C=N–C) groups is 4. The number of rotatable bonds is 0. The first kappa shape index (κ1) is 23.0. The van der Waals surface area contributed by atoms with Gasteiger partial charge in [-0.3, -0.25) is 0 Å². The van der Waals surface area contributed by atoms with E-state index in [1.807, 2.05) is 72.8 Å². The number of fused-ring (bicyclic) bond motifs is 14. The summed E-state index contributed by atoms with van der Waals surface area (Å²) in [6, 6.07) is 32.6. The third-order valence-corrected chi connectivity index (χ3v) is 14.1. The summed E-state index contributed by atoms with van der Waals surface area (Å²) in [4.78, 5) is 30.9. The summed E-state index contributed by atoms with van der Waals surface area (Å²) in [5, 5.41) is 3.85. The van der Waals surface area contributed by atoms with Crippen LogP contribution in [0.5, 0.6) is 0 Å². The van der Waals surface area contributed by atoms with Crippen LogP contribution in [0.15, 0.2) is 127 Å². The Hall–Kier alpha value is -4.65. The average molecular weight is 670 g/mol. The van der Waals surface area contributed by atoms with Crippen molar-refractivity contribution in [2.75, 3.05) is 0 Å². The molecular formula is C32H16ClN8Sb.